The second-order valence-corrected chi connectivity index (χ2v) is 6.14. The topological polar surface area (TPSA) is 96.2 Å². The largest absolute Gasteiger partial charge is 0.329 e. The fourth-order valence-electron chi connectivity index (χ4n) is 2.97. The van der Waals surface area contributed by atoms with Gasteiger partial charge in [-0.2, -0.15) is 0 Å². The Labute approximate surface area is 146 Å². The Morgan fingerprint density at radius 1 is 1.12 bits per heavy atom. The van der Waals surface area contributed by atoms with Crippen LogP contribution in [-0.2, 0) is 4.79 Å². The van der Waals surface area contributed by atoms with E-state index in [-0.39, 0.29) is 12.5 Å². The average molecular weight is 338 g/mol. The summed E-state index contributed by atoms with van der Waals surface area (Å²) < 4.78 is 0. The monoisotopic (exact) mass is 338 g/mol. The lowest BCUT2D eigenvalue weighted by Crippen LogP contribution is -2.27. The predicted molar refractivity (Wildman–Crippen MR) is 97.4 cm³/mol. The Balaban J connectivity index is 1.67. The van der Waals surface area contributed by atoms with Crippen molar-refractivity contribution in [3.8, 4) is 0 Å². The third-order valence-electron chi connectivity index (χ3n) is 4.50. The Morgan fingerprint density at radius 2 is 1.76 bits per heavy atom. The van der Waals surface area contributed by atoms with Gasteiger partial charge in [-0.05, 0) is 23.3 Å². The van der Waals surface area contributed by atoms with Gasteiger partial charge in [-0.25, -0.2) is 0 Å². The van der Waals surface area contributed by atoms with Crippen LogP contribution in [0.3, 0.4) is 0 Å². The zero-order valence-corrected chi connectivity index (χ0v) is 13.9. The quantitative estimate of drug-likeness (QED) is 0.597. The van der Waals surface area contributed by atoms with Crippen molar-refractivity contribution in [3.63, 3.8) is 0 Å². The number of aldehydes is 1. The molecule has 0 spiro atoms. The summed E-state index contributed by atoms with van der Waals surface area (Å²) in [6.45, 7) is 2.00. The summed E-state index contributed by atoms with van der Waals surface area (Å²) in [5, 5.41) is 2.92. The summed E-state index contributed by atoms with van der Waals surface area (Å²) in [6, 6.07) is 14.8. The van der Waals surface area contributed by atoms with Crippen molar-refractivity contribution in [3.05, 3.63) is 65.2 Å². The van der Waals surface area contributed by atoms with Crippen LogP contribution in [0.15, 0.2) is 48.5 Å². The maximum atomic E-state index is 12.6. The van der Waals surface area contributed by atoms with Crippen molar-refractivity contribution < 1.29 is 9.59 Å². The average Bonchev–Trinajstić information content (AvgIpc) is 3.18. The van der Waals surface area contributed by atoms with E-state index in [1.165, 1.54) is 5.56 Å². The lowest BCUT2D eigenvalue weighted by atomic mass is 9.97. The van der Waals surface area contributed by atoms with E-state index in [2.05, 4.69) is 16.2 Å². The van der Waals surface area contributed by atoms with Crippen LogP contribution in [0.25, 0.3) is 0 Å². The maximum absolute atomic E-state index is 12.6. The highest BCUT2D eigenvalue weighted by Gasteiger charge is 2.20. The molecule has 2 aromatic carbocycles. The third kappa shape index (κ3) is 4.11. The zero-order valence-electron chi connectivity index (χ0n) is 13.9. The van der Waals surface area contributed by atoms with E-state index < -0.39 is 5.92 Å². The van der Waals surface area contributed by atoms with Crippen molar-refractivity contribution >= 4 is 17.9 Å². The van der Waals surface area contributed by atoms with E-state index in [4.69, 9.17) is 5.73 Å². The molecule has 1 unspecified atom stereocenters. The van der Waals surface area contributed by atoms with Gasteiger partial charge < -0.3 is 11.1 Å². The van der Waals surface area contributed by atoms with Crippen LogP contribution in [0.5, 0.6) is 0 Å². The van der Waals surface area contributed by atoms with Crippen LogP contribution in [-0.4, -0.2) is 31.8 Å². The van der Waals surface area contributed by atoms with Gasteiger partial charge in [0.05, 0.1) is 5.92 Å². The van der Waals surface area contributed by atoms with Gasteiger partial charge in [-0.3, -0.25) is 20.4 Å². The molecule has 130 valence electrons. The summed E-state index contributed by atoms with van der Waals surface area (Å²) in [5.74, 6) is -0.167. The summed E-state index contributed by atoms with van der Waals surface area (Å²) in [7, 11) is 0. The molecule has 1 aliphatic heterocycles. The molecule has 6 nitrogen and oxygen atoms in total. The van der Waals surface area contributed by atoms with Gasteiger partial charge in [-0.15, -0.1) is 0 Å². The van der Waals surface area contributed by atoms with Crippen molar-refractivity contribution in [2.24, 2.45) is 5.73 Å². The molecule has 5 N–H and O–H groups in total. The van der Waals surface area contributed by atoms with Gasteiger partial charge in [0, 0.05) is 36.8 Å². The highest BCUT2D eigenvalue weighted by atomic mass is 16.1. The van der Waals surface area contributed by atoms with Crippen molar-refractivity contribution in [1.82, 2.24) is 10.9 Å². The highest BCUT2D eigenvalue weighted by molar-refractivity contribution is 5.96. The maximum Gasteiger partial charge on any atom is 0.233 e. The molecule has 25 heavy (non-hydrogen) atoms. The molecule has 0 aromatic heterocycles. The second kappa shape index (κ2) is 8.02. The normalized spacial score (nSPS) is 15.7. The first-order valence-corrected chi connectivity index (χ1v) is 8.33. The van der Waals surface area contributed by atoms with Crippen LogP contribution >= 0.6 is 0 Å². The number of benzene rings is 2. The van der Waals surface area contributed by atoms with Crippen LogP contribution < -0.4 is 21.9 Å². The number of hydrazine groups is 1. The number of carbonyl (C=O) groups excluding carboxylic acids is 2. The number of anilines is 1. The number of rotatable bonds is 6. The Morgan fingerprint density at radius 3 is 2.32 bits per heavy atom. The minimum Gasteiger partial charge on any atom is -0.329 e. The van der Waals surface area contributed by atoms with Gasteiger partial charge in [0.15, 0.2) is 0 Å². The van der Waals surface area contributed by atoms with E-state index in [0.29, 0.717) is 11.5 Å². The van der Waals surface area contributed by atoms with Crippen molar-refractivity contribution in [2.75, 3.05) is 25.0 Å². The number of amides is 1. The molecule has 3 rings (SSSR count). The number of carbonyl (C=O) groups is 2. The summed E-state index contributed by atoms with van der Waals surface area (Å²) in [4.78, 5) is 23.3. The fourth-order valence-corrected chi connectivity index (χ4v) is 2.97. The molecule has 1 saturated heterocycles. The molecule has 1 atom stereocenters. The standard InChI is InChI=1S/C19H22N4O2/c20-9-18(15-3-1-13(12-24)2-4-15)19(25)23-17-7-5-14(6-8-17)16-10-21-22-11-16/h1-8,12,16,18,21-22H,9-11,20H2,(H,23,25). The van der Waals surface area contributed by atoms with E-state index in [0.717, 1.165) is 30.6 Å². The fraction of sp³-hybridized carbons (Fsp3) is 0.263. The molecule has 2 aromatic rings. The summed E-state index contributed by atoms with van der Waals surface area (Å²) in [6.07, 6.45) is 0.776. The van der Waals surface area contributed by atoms with Crippen LogP contribution in [0.4, 0.5) is 5.69 Å². The molecule has 0 aliphatic carbocycles. The molecular formula is C19H22N4O2. The van der Waals surface area contributed by atoms with E-state index in [1.54, 1.807) is 24.3 Å². The zero-order chi connectivity index (χ0) is 17.6. The van der Waals surface area contributed by atoms with Gasteiger partial charge in [0.1, 0.15) is 6.29 Å². The van der Waals surface area contributed by atoms with E-state index in [9.17, 15) is 9.59 Å². The molecule has 1 amide bonds. The van der Waals surface area contributed by atoms with Crippen molar-refractivity contribution in [1.29, 1.82) is 0 Å². The lowest BCUT2D eigenvalue weighted by molar-refractivity contribution is -0.117. The lowest BCUT2D eigenvalue weighted by Gasteiger charge is -2.16. The molecule has 6 heteroatoms. The Bertz CT molecular complexity index is 722. The SMILES string of the molecule is NCC(C(=O)Nc1ccc(C2CNNC2)cc1)c1ccc(C=O)cc1. The molecule has 0 bridgehead atoms. The molecule has 1 heterocycles. The first-order valence-electron chi connectivity index (χ1n) is 8.33. The molecular weight excluding hydrogens is 316 g/mol. The van der Waals surface area contributed by atoms with Gasteiger partial charge in [0.2, 0.25) is 5.91 Å². The van der Waals surface area contributed by atoms with Gasteiger partial charge in [-0.1, -0.05) is 36.4 Å². The van der Waals surface area contributed by atoms with Gasteiger partial charge in [0.25, 0.3) is 0 Å². The smallest absolute Gasteiger partial charge is 0.233 e. The number of nitrogens with one attached hydrogen (secondary N) is 3. The molecule has 0 saturated carbocycles. The third-order valence-corrected chi connectivity index (χ3v) is 4.50. The highest BCUT2D eigenvalue weighted by Crippen LogP contribution is 2.21. The number of hydrogen-bond acceptors (Lipinski definition) is 5. The molecule has 1 aliphatic rings. The number of hydrogen-bond donors (Lipinski definition) is 4. The first-order chi connectivity index (χ1) is 12.2. The summed E-state index contributed by atoms with van der Waals surface area (Å²) >= 11 is 0. The van der Waals surface area contributed by atoms with Crippen LogP contribution in [0.2, 0.25) is 0 Å². The number of nitrogens with two attached hydrogens (primary N) is 1. The minimum absolute atomic E-state index is 0.154. The van der Waals surface area contributed by atoms with E-state index in [1.807, 2.05) is 24.3 Å². The predicted octanol–water partition coefficient (Wildman–Crippen LogP) is 1.37. The van der Waals surface area contributed by atoms with Crippen LogP contribution in [0.1, 0.15) is 33.3 Å². The van der Waals surface area contributed by atoms with Crippen LogP contribution in [0, 0.1) is 0 Å². The second-order valence-electron chi connectivity index (χ2n) is 6.14. The van der Waals surface area contributed by atoms with E-state index >= 15 is 0 Å². The van der Waals surface area contributed by atoms with Gasteiger partial charge >= 0.3 is 0 Å². The molecule has 1 fully saturated rings. The van der Waals surface area contributed by atoms with Crippen molar-refractivity contribution in [2.45, 2.75) is 11.8 Å². The molecule has 0 radical (unpaired) electrons. The Hall–Kier alpha value is -2.54. The Kier molecular flexibility index (Phi) is 5.55. The summed E-state index contributed by atoms with van der Waals surface area (Å²) in [5.41, 5.74) is 15.4. The minimum atomic E-state index is -0.455. The first kappa shape index (κ1) is 17.3.